The summed E-state index contributed by atoms with van der Waals surface area (Å²) < 4.78 is 1.13. The minimum Gasteiger partial charge on any atom is -0.355 e. The molecule has 1 aromatic carbocycles. The van der Waals surface area contributed by atoms with Crippen LogP contribution < -0.4 is 10.6 Å². The van der Waals surface area contributed by atoms with Crippen LogP contribution in [0.1, 0.15) is 31.2 Å². The van der Waals surface area contributed by atoms with Crippen LogP contribution in [0.5, 0.6) is 0 Å². The number of carbonyl (C=O) groups excluding carboxylic acids is 1. The van der Waals surface area contributed by atoms with Gasteiger partial charge in [-0.1, -0.05) is 34.1 Å². The number of carbonyl (C=O) groups is 1. The van der Waals surface area contributed by atoms with Gasteiger partial charge in [0.25, 0.3) is 0 Å². The van der Waals surface area contributed by atoms with Crippen LogP contribution in [0.2, 0.25) is 0 Å². The third-order valence-corrected chi connectivity index (χ3v) is 4.75. The topological polar surface area (TPSA) is 41.1 Å². The number of rotatable bonds is 8. The van der Waals surface area contributed by atoms with E-state index in [1.54, 1.807) is 0 Å². The molecule has 1 amide bonds. The smallest absolute Gasteiger partial charge is 0.220 e. The molecule has 110 valence electrons. The lowest BCUT2D eigenvalue weighted by Crippen LogP contribution is -2.34. The van der Waals surface area contributed by atoms with E-state index in [4.69, 9.17) is 0 Å². The lowest BCUT2D eigenvalue weighted by atomic mass is 10.1. The maximum Gasteiger partial charge on any atom is 0.220 e. The standard InChI is InChI=1S/C16H23BrN2O/c1-18-11-16(9-10-16)12-19-15(20)8-4-6-13-5-2-3-7-14(13)17/h2-3,5,7,18H,4,6,8-12H2,1H3,(H,19,20). The summed E-state index contributed by atoms with van der Waals surface area (Å²) >= 11 is 3.54. The molecule has 0 heterocycles. The second kappa shape index (κ2) is 7.23. The molecule has 2 rings (SSSR count). The molecule has 1 aliphatic carbocycles. The zero-order valence-corrected chi connectivity index (χ0v) is 13.6. The summed E-state index contributed by atoms with van der Waals surface area (Å²) in [5, 5.41) is 6.29. The van der Waals surface area contributed by atoms with Crippen molar-refractivity contribution in [1.82, 2.24) is 10.6 Å². The van der Waals surface area contributed by atoms with Crippen LogP contribution in [0.3, 0.4) is 0 Å². The van der Waals surface area contributed by atoms with Crippen molar-refractivity contribution in [3.8, 4) is 0 Å². The zero-order valence-electron chi connectivity index (χ0n) is 12.0. The van der Waals surface area contributed by atoms with Gasteiger partial charge in [-0.25, -0.2) is 0 Å². The van der Waals surface area contributed by atoms with E-state index < -0.39 is 0 Å². The van der Waals surface area contributed by atoms with Gasteiger partial charge < -0.3 is 10.6 Å². The maximum atomic E-state index is 11.9. The molecule has 1 aromatic rings. The fraction of sp³-hybridized carbons (Fsp3) is 0.562. The van der Waals surface area contributed by atoms with Gasteiger partial charge in [0.2, 0.25) is 5.91 Å². The maximum absolute atomic E-state index is 11.9. The number of aryl methyl sites for hydroxylation is 1. The Morgan fingerprint density at radius 2 is 2.05 bits per heavy atom. The Bertz CT molecular complexity index is 458. The molecule has 0 saturated heterocycles. The van der Waals surface area contributed by atoms with Gasteiger partial charge in [-0.05, 0) is 44.4 Å². The highest BCUT2D eigenvalue weighted by Crippen LogP contribution is 2.44. The molecule has 2 N–H and O–H groups in total. The predicted octanol–water partition coefficient (Wildman–Crippen LogP) is 2.89. The summed E-state index contributed by atoms with van der Waals surface area (Å²) in [6.45, 7) is 1.83. The van der Waals surface area contributed by atoms with Gasteiger partial charge in [-0.3, -0.25) is 4.79 Å². The van der Waals surface area contributed by atoms with Crippen LogP contribution in [-0.4, -0.2) is 26.0 Å². The second-order valence-electron chi connectivity index (χ2n) is 5.75. The molecule has 20 heavy (non-hydrogen) atoms. The van der Waals surface area contributed by atoms with Gasteiger partial charge >= 0.3 is 0 Å². The highest BCUT2D eigenvalue weighted by molar-refractivity contribution is 9.10. The lowest BCUT2D eigenvalue weighted by molar-refractivity contribution is -0.121. The van der Waals surface area contributed by atoms with Crippen molar-refractivity contribution >= 4 is 21.8 Å². The van der Waals surface area contributed by atoms with Gasteiger partial charge in [0.05, 0.1) is 0 Å². The van der Waals surface area contributed by atoms with E-state index in [0.29, 0.717) is 11.8 Å². The van der Waals surface area contributed by atoms with Crippen LogP contribution in [0.4, 0.5) is 0 Å². The normalized spacial score (nSPS) is 15.9. The molecule has 0 bridgehead atoms. The molecule has 0 radical (unpaired) electrons. The number of hydrogen-bond donors (Lipinski definition) is 2. The van der Waals surface area contributed by atoms with Crippen molar-refractivity contribution in [2.45, 2.75) is 32.1 Å². The largest absolute Gasteiger partial charge is 0.355 e. The fourth-order valence-electron chi connectivity index (χ4n) is 2.48. The quantitative estimate of drug-likeness (QED) is 0.765. The first-order valence-corrected chi connectivity index (χ1v) is 8.09. The molecule has 0 unspecified atom stereocenters. The van der Waals surface area contributed by atoms with Crippen molar-refractivity contribution in [2.75, 3.05) is 20.1 Å². The molecule has 1 fully saturated rings. The molecule has 1 aliphatic rings. The Balaban J connectivity index is 1.65. The Morgan fingerprint density at radius 3 is 2.70 bits per heavy atom. The number of nitrogens with one attached hydrogen (secondary N) is 2. The van der Waals surface area contributed by atoms with Gasteiger partial charge in [-0.15, -0.1) is 0 Å². The third-order valence-electron chi connectivity index (χ3n) is 3.98. The van der Waals surface area contributed by atoms with Crippen LogP contribution in [0, 0.1) is 5.41 Å². The molecular weight excluding hydrogens is 316 g/mol. The first kappa shape index (κ1) is 15.5. The van der Waals surface area contributed by atoms with E-state index in [2.05, 4.69) is 32.6 Å². The Kier molecular flexibility index (Phi) is 5.61. The molecule has 0 aromatic heterocycles. The highest BCUT2D eigenvalue weighted by Gasteiger charge is 2.41. The Labute approximate surface area is 129 Å². The van der Waals surface area contributed by atoms with Gasteiger partial charge in [-0.2, -0.15) is 0 Å². The van der Waals surface area contributed by atoms with E-state index in [0.717, 1.165) is 30.4 Å². The molecule has 1 saturated carbocycles. The van der Waals surface area contributed by atoms with Crippen LogP contribution in [-0.2, 0) is 11.2 Å². The Morgan fingerprint density at radius 1 is 1.30 bits per heavy atom. The molecular formula is C16H23BrN2O. The van der Waals surface area contributed by atoms with Gasteiger partial charge in [0.1, 0.15) is 0 Å². The average molecular weight is 339 g/mol. The van der Waals surface area contributed by atoms with Gasteiger partial charge in [0.15, 0.2) is 0 Å². The third kappa shape index (κ3) is 4.60. The Hall–Kier alpha value is -0.870. The van der Waals surface area contributed by atoms with Crippen LogP contribution in [0.15, 0.2) is 28.7 Å². The van der Waals surface area contributed by atoms with E-state index in [9.17, 15) is 4.79 Å². The van der Waals surface area contributed by atoms with Gasteiger partial charge in [0, 0.05) is 29.4 Å². The summed E-state index contributed by atoms with van der Waals surface area (Å²) in [7, 11) is 1.97. The van der Waals surface area contributed by atoms with E-state index in [-0.39, 0.29) is 5.91 Å². The zero-order chi connectivity index (χ0) is 14.4. The second-order valence-corrected chi connectivity index (χ2v) is 6.61. The first-order chi connectivity index (χ1) is 9.65. The fourth-order valence-corrected chi connectivity index (χ4v) is 2.97. The molecule has 0 aliphatic heterocycles. The number of halogens is 1. The molecule has 3 nitrogen and oxygen atoms in total. The predicted molar refractivity (Wildman–Crippen MR) is 85.7 cm³/mol. The summed E-state index contributed by atoms with van der Waals surface area (Å²) in [6, 6.07) is 8.20. The van der Waals surface area contributed by atoms with E-state index in [1.165, 1.54) is 18.4 Å². The number of hydrogen-bond acceptors (Lipinski definition) is 2. The highest BCUT2D eigenvalue weighted by atomic mass is 79.9. The summed E-state index contributed by atoms with van der Waals surface area (Å²) in [6.07, 6.45) is 4.90. The van der Waals surface area contributed by atoms with Crippen molar-refractivity contribution in [2.24, 2.45) is 5.41 Å². The summed E-state index contributed by atoms with van der Waals surface area (Å²) in [5.74, 6) is 0.180. The van der Waals surface area contributed by atoms with Crippen LogP contribution >= 0.6 is 15.9 Å². The lowest BCUT2D eigenvalue weighted by Gasteiger charge is -2.15. The molecule has 0 atom stereocenters. The van der Waals surface area contributed by atoms with Crippen molar-refractivity contribution in [1.29, 1.82) is 0 Å². The van der Waals surface area contributed by atoms with Crippen molar-refractivity contribution in [3.05, 3.63) is 34.3 Å². The SMILES string of the molecule is CNCC1(CNC(=O)CCCc2ccccc2Br)CC1. The monoisotopic (exact) mass is 338 g/mol. The average Bonchev–Trinajstić information content (AvgIpc) is 3.19. The summed E-state index contributed by atoms with van der Waals surface area (Å²) in [5.41, 5.74) is 1.61. The van der Waals surface area contributed by atoms with E-state index >= 15 is 0 Å². The molecule has 4 heteroatoms. The summed E-state index contributed by atoms with van der Waals surface area (Å²) in [4.78, 5) is 11.9. The minimum atomic E-state index is 0.180. The van der Waals surface area contributed by atoms with Crippen molar-refractivity contribution in [3.63, 3.8) is 0 Å². The minimum absolute atomic E-state index is 0.180. The number of amides is 1. The van der Waals surface area contributed by atoms with Crippen molar-refractivity contribution < 1.29 is 4.79 Å². The van der Waals surface area contributed by atoms with E-state index in [1.807, 2.05) is 25.2 Å². The first-order valence-electron chi connectivity index (χ1n) is 7.30. The number of benzene rings is 1. The van der Waals surface area contributed by atoms with Crippen LogP contribution in [0.25, 0.3) is 0 Å². The molecule has 0 spiro atoms.